The highest BCUT2D eigenvalue weighted by Gasteiger charge is 2.27. The third-order valence-electron chi connectivity index (χ3n) is 5.21. The molecule has 0 spiro atoms. The highest BCUT2D eigenvalue weighted by Crippen LogP contribution is 2.36. The fraction of sp³-hybridized carbons (Fsp3) is 0.400. The number of rotatable bonds is 3. The summed E-state index contributed by atoms with van der Waals surface area (Å²) in [4.78, 5) is 2.52. The first-order chi connectivity index (χ1) is 10.8. The number of phenols is 1. The molecule has 1 fully saturated rings. The molecule has 22 heavy (non-hydrogen) atoms. The van der Waals surface area contributed by atoms with Gasteiger partial charge in [0.25, 0.3) is 0 Å². The van der Waals surface area contributed by atoms with Crippen molar-refractivity contribution in [3.8, 4) is 5.75 Å². The highest BCUT2D eigenvalue weighted by molar-refractivity contribution is 5.44. The second-order valence-corrected chi connectivity index (χ2v) is 6.64. The molecule has 2 aliphatic rings. The van der Waals surface area contributed by atoms with Gasteiger partial charge in [-0.05, 0) is 61.4 Å². The zero-order chi connectivity index (χ0) is 14.9. The Kier molecular flexibility index (Phi) is 3.63. The van der Waals surface area contributed by atoms with Crippen LogP contribution >= 0.6 is 0 Å². The monoisotopic (exact) mass is 293 g/mol. The molecule has 0 bridgehead atoms. The molecule has 2 aromatic rings. The molecule has 0 aromatic heterocycles. The molecular weight excluding hydrogens is 270 g/mol. The van der Waals surface area contributed by atoms with Crippen LogP contribution in [0.25, 0.3) is 0 Å². The van der Waals surface area contributed by atoms with Crippen molar-refractivity contribution >= 4 is 0 Å². The van der Waals surface area contributed by atoms with Crippen LogP contribution in [0.1, 0.15) is 47.6 Å². The first-order valence-electron chi connectivity index (χ1n) is 8.44. The van der Waals surface area contributed by atoms with Gasteiger partial charge in [-0.25, -0.2) is 0 Å². The van der Waals surface area contributed by atoms with Crippen molar-refractivity contribution < 1.29 is 5.11 Å². The van der Waals surface area contributed by atoms with E-state index in [0.29, 0.717) is 11.8 Å². The highest BCUT2D eigenvalue weighted by atomic mass is 16.3. The van der Waals surface area contributed by atoms with Crippen molar-refractivity contribution in [2.45, 2.75) is 44.7 Å². The first kappa shape index (κ1) is 13.8. The van der Waals surface area contributed by atoms with E-state index in [4.69, 9.17) is 0 Å². The van der Waals surface area contributed by atoms with Gasteiger partial charge in [0.05, 0.1) is 0 Å². The van der Waals surface area contributed by atoms with E-state index in [0.717, 1.165) is 25.1 Å². The Morgan fingerprint density at radius 3 is 2.59 bits per heavy atom. The Morgan fingerprint density at radius 1 is 1.00 bits per heavy atom. The Bertz CT molecular complexity index is 665. The second kappa shape index (κ2) is 5.77. The third-order valence-corrected chi connectivity index (χ3v) is 5.21. The van der Waals surface area contributed by atoms with Crippen molar-refractivity contribution in [2.75, 3.05) is 6.54 Å². The molecule has 0 unspecified atom stereocenters. The van der Waals surface area contributed by atoms with E-state index in [9.17, 15) is 5.11 Å². The summed E-state index contributed by atoms with van der Waals surface area (Å²) < 4.78 is 0. The maximum atomic E-state index is 10.4. The standard InChI is InChI=1S/C20H23NO/c22-20-13-17-9-4-8-16(17)12-18(20)14-21-11-5-10-19(21)15-6-2-1-3-7-15/h1-3,6-7,12-13,19,22H,4-5,8-11,14H2/t19-/m0/s1. The summed E-state index contributed by atoms with van der Waals surface area (Å²) in [6.07, 6.45) is 5.99. The molecule has 1 N–H and O–H groups in total. The van der Waals surface area contributed by atoms with Crippen LogP contribution in [0, 0.1) is 0 Å². The lowest BCUT2D eigenvalue weighted by molar-refractivity contribution is 0.245. The first-order valence-corrected chi connectivity index (χ1v) is 8.44. The van der Waals surface area contributed by atoms with Crippen molar-refractivity contribution in [3.63, 3.8) is 0 Å². The minimum Gasteiger partial charge on any atom is -0.508 e. The molecule has 114 valence electrons. The topological polar surface area (TPSA) is 23.5 Å². The predicted molar refractivity (Wildman–Crippen MR) is 89.0 cm³/mol. The van der Waals surface area contributed by atoms with E-state index in [1.165, 1.54) is 42.4 Å². The zero-order valence-corrected chi connectivity index (χ0v) is 13.0. The van der Waals surface area contributed by atoms with Gasteiger partial charge in [-0.1, -0.05) is 36.4 Å². The average Bonchev–Trinajstić information content (AvgIpc) is 3.17. The largest absolute Gasteiger partial charge is 0.508 e. The maximum absolute atomic E-state index is 10.4. The molecule has 0 amide bonds. The van der Waals surface area contributed by atoms with Crippen LogP contribution in [0.15, 0.2) is 42.5 Å². The van der Waals surface area contributed by atoms with Crippen LogP contribution in [-0.2, 0) is 19.4 Å². The number of hydrogen-bond acceptors (Lipinski definition) is 2. The number of aryl methyl sites for hydroxylation is 2. The van der Waals surface area contributed by atoms with E-state index in [-0.39, 0.29) is 0 Å². The Labute approximate surface area is 132 Å². The summed E-state index contributed by atoms with van der Waals surface area (Å²) in [7, 11) is 0. The Morgan fingerprint density at radius 2 is 1.77 bits per heavy atom. The zero-order valence-electron chi connectivity index (χ0n) is 13.0. The number of nitrogens with zero attached hydrogens (tertiary/aromatic N) is 1. The van der Waals surface area contributed by atoms with E-state index in [2.05, 4.69) is 41.3 Å². The smallest absolute Gasteiger partial charge is 0.120 e. The van der Waals surface area contributed by atoms with Gasteiger partial charge in [0.2, 0.25) is 0 Å². The van der Waals surface area contributed by atoms with Crippen molar-refractivity contribution in [1.82, 2.24) is 4.90 Å². The van der Waals surface area contributed by atoms with Crippen LogP contribution in [0.2, 0.25) is 0 Å². The molecule has 1 atom stereocenters. The van der Waals surface area contributed by atoms with Crippen LogP contribution < -0.4 is 0 Å². The van der Waals surface area contributed by atoms with Gasteiger partial charge in [-0.3, -0.25) is 4.90 Å². The van der Waals surface area contributed by atoms with Gasteiger partial charge in [0.15, 0.2) is 0 Å². The summed E-state index contributed by atoms with van der Waals surface area (Å²) >= 11 is 0. The van der Waals surface area contributed by atoms with Crippen LogP contribution in [0.5, 0.6) is 5.75 Å². The lowest BCUT2D eigenvalue weighted by atomic mass is 10.0. The van der Waals surface area contributed by atoms with E-state index in [1.807, 2.05) is 6.07 Å². The number of hydrogen-bond donors (Lipinski definition) is 1. The lowest BCUT2D eigenvalue weighted by Crippen LogP contribution is -2.22. The third kappa shape index (κ3) is 2.52. The number of likely N-dealkylation sites (tertiary alicyclic amines) is 1. The molecule has 0 radical (unpaired) electrons. The van der Waals surface area contributed by atoms with Crippen molar-refractivity contribution in [3.05, 3.63) is 64.7 Å². The molecule has 1 heterocycles. The van der Waals surface area contributed by atoms with Gasteiger partial charge >= 0.3 is 0 Å². The minimum atomic E-state index is 0.486. The lowest BCUT2D eigenvalue weighted by Gasteiger charge is -2.25. The van der Waals surface area contributed by atoms with Crippen LogP contribution in [-0.4, -0.2) is 16.6 Å². The quantitative estimate of drug-likeness (QED) is 0.916. The molecule has 1 saturated heterocycles. The number of aromatic hydroxyl groups is 1. The minimum absolute atomic E-state index is 0.486. The van der Waals surface area contributed by atoms with Gasteiger partial charge in [-0.15, -0.1) is 0 Å². The fourth-order valence-electron chi connectivity index (χ4n) is 4.08. The van der Waals surface area contributed by atoms with Gasteiger partial charge in [0, 0.05) is 18.2 Å². The Balaban J connectivity index is 1.58. The van der Waals surface area contributed by atoms with Crippen molar-refractivity contribution in [1.29, 1.82) is 0 Å². The SMILES string of the molecule is Oc1cc2c(cc1CN1CCC[C@H]1c1ccccc1)CCC2. The van der Waals surface area contributed by atoms with E-state index in [1.54, 1.807) is 0 Å². The van der Waals surface area contributed by atoms with Crippen LogP contribution in [0.3, 0.4) is 0 Å². The molecule has 1 aliphatic carbocycles. The number of fused-ring (bicyclic) bond motifs is 1. The van der Waals surface area contributed by atoms with Gasteiger partial charge in [-0.2, -0.15) is 0 Å². The summed E-state index contributed by atoms with van der Waals surface area (Å²) in [5, 5.41) is 10.4. The molecule has 4 rings (SSSR count). The summed E-state index contributed by atoms with van der Waals surface area (Å²) in [5.74, 6) is 0.486. The summed E-state index contributed by atoms with van der Waals surface area (Å²) in [6, 6.07) is 15.5. The molecule has 2 nitrogen and oxygen atoms in total. The van der Waals surface area contributed by atoms with E-state index < -0.39 is 0 Å². The van der Waals surface area contributed by atoms with Crippen molar-refractivity contribution in [2.24, 2.45) is 0 Å². The average molecular weight is 293 g/mol. The predicted octanol–water partition coefficient (Wildman–Crippen LogP) is 4.22. The molecule has 2 heteroatoms. The number of phenolic OH excluding ortho intramolecular Hbond substituents is 1. The van der Waals surface area contributed by atoms with Gasteiger partial charge in [0.1, 0.15) is 5.75 Å². The summed E-state index contributed by atoms with van der Waals surface area (Å²) in [5.41, 5.74) is 5.30. The molecule has 2 aromatic carbocycles. The Hall–Kier alpha value is -1.80. The second-order valence-electron chi connectivity index (χ2n) is 6.64. The van der Waals surface area contributed by atoms with Gasteiger partial charge < -0.3 is 5.11 Å². The fourth-order valence-corrected chi connectivity index (χ4v) is 4.08. The molecule has 1 aliphatic heterocycles. The molecule has 0 saturated carbocycles. The van der Waals surface area contributed by atoms with Crippen LogP contribution in [0.4, 0.5) is 0 Å². The van der Waals surface area contributed by atoms with E-state index >= 15 is 0 Å². The number of benzene rings is 2. The summed E-state index contributed by atoms with van der Waals surface area (Å²) in [6.45, 7) is 1.98. The molecular formula is C20H23NO. The maximum Gasteiger partial charge on any atom is 0.120 e. The normalized spacial score (nSPS) is 21.2.